The SMILES string of the molecule is ClC1c2nnc(N3CCC4(CC3)OCc3ccccc34)n2-c2ccccc2CC12OCCO2. The molecule has 1 atom stereocenters. The summed E-state index contributed by atoms with van der Waals surface area (Å²) < 4.78 is 20.6. The number of rotatable bonds is 1. The van der Waals surface area contributed by atoms with E-state index in [4.69, 9.17) is 25.8 Å². The second-order valence-electron chi connectivity index (χ2n) is 9.30. The Balaban J connectivity index is 1.26. The van der Waals surface area contributed by atoms with Crippen LogP contribution in [0.25, 0.3) is 5.69 Å². The topological polar surface area (TPSA) is 61.6 Å². The molecular weight excluding hydrogens is 440 g/mol. The molecule has 170 valence electrons. The van der Waals surface area contributed by atoms with Gasteiger partial charge in [0.25, 0.3) is 0 Å². The number of piperidine rings is 1. The molecule has 0 amide bonds. The lowest BCUT2D eigenvalue weighted by molar-refractivity contribution is -0.159. The molecule has 3 aromatic rings. The summed E-state index contributed by atoms with van der Waals surface area (Å²) in [4.78, 5) is 2.31. The van der Waals surface area contributed by atoms with Crippen molar-refractivity contribution in [3.63, 3.8) is 0 Å². The van der Waals surface area contributed by atoms with Crippen molar-refractivity contribution in [1.29, 1.82) is 0 Å². The molecule has 33 heavy (non-hydrogen) atoms. The first-order valence-corrected chi connectivity index (χ1v) is 12.1. The van der Waals surface area contributed by atoms with Crippen LogP contribution in [0.4, 0.5) is 5.95 Å². The number of hydrogen-bond donors (Lipinski definition) is 0. The zero-order valence-corrected chi connectivity index (χ0v) is 19.0. The van der Waals surface area contributed by atoms with Crippen LogP contribution in [0, 0.1) is 0 Å². The molecule has 7 nitrogen and oxygen atoms in total. The fourth-order valence-corrected chi connectivity index (χ4v) is 6.25. The molecular formula is C25H25ClN4O3. The van der Waals surface area contributed by atoms with Crippen LogP contribution in [0.5, 0.6) is 0 Å². The Labute approximate surface area is 197 Å². The first-order chi connectivity index (χ1) is 16.2. The van der Waals surface area contributed by atoms with Gasteiger partial charge in [-0.3, -0.25) is 4.57 Å². The predicted molar refractivity (Wildman–Crippen MR) is 123 cm³/mol. The molecule has 2 spiro atoms. The van der Waals surface area contributed by atoms with Gasteiger partial charge in [-0.25, -0.2) is 0 Å². The van der Waals surface area contributed by atoms with Gasteiger partial charge in [0.2, 0.25) is 5.95 Å². The molecule has 4 aliphatic rings. The third-order valence-corrected chi connectivity index (χ3v) is 8.12. The van der Waals surface area contributed by atoms with Gasteiger partial charge in [-0.05, 0) is 35.6 Å². The van der Waals surface area contributed by atoms with Gasteiger partial charge in [0, 0.05) is 19.5 Å². The third kappa shape index (κ3) is 2.86. The molecule has 5 heterocycles. The van der Waals surface area contributed by atoms with Crippen molar-refractivity contribution in [3.05, 3.63) is 71.0 Å². The van der Waals surface area contributed by atoms with Crippen LogP contribution in [0.15, 0.2) is 48.5 Å². The number of para-hydroxylation sites is 1. The highest BCUT2D eigenvalue weighted by molar-refractivity contribution is 6.21. The standard InChI is InChI=1S/C25H25ClN4O3/c26-21-22-27-28-23(29-11-9-24(10-12-29)19-7-3-1-6-18(19)16-33-24)30(22)20-8-4-2-5-17(20)15-25(21)31-13-14-32-25/h1-8,21H,9-16H2. The minimum absolute atomic E-state index is 0.197. The Kier molecular flexibility index (Phi) is 4.40. The second kappa shape index (κ2) is 7.27. The number of nitrogens with zero attached hydrogens (tertiary/aromatic N) is 4. The Bertz CT molecular complexity index is 1210. The van der Waals surface area contributed by atoms with Crippen LogP contribution in [-0.4, -0.2) is 46.9 Å². The number of anilines is 1. The van der Waals surface area contributed by atoms with Crippen molar-refractivity contribution in [2.45, 2.75) is 42.6 Å². The fraction of sp³-hybridized carbons (Fsp3) is 0.440. The van der Waals surface area contributed by atoms with Crippen molar-refractivity contribution < 1.29 is 14.2 Å². The van der Waals surface area contributed by atoms with E-state index in [2.05, 4.69) is 56.1 Å². The second-order valence-corrected chi connectivity index (χ2v) is 9.73. The first-order valence-electron chi connectivity index (χ1n) is 11.6. The summed E-state index contributed by atoms with van der Waals surface area (Å²) in [6.07, 6.45) is 2.40. The zero-order chi connectivity index (χ0) is 22.0. The quantitative estimate of drug-likeness (QED) is 0.509. The number of fused-ring (bicyclic) bond motifs is 5. The number of aromatic nitrogens is 3. The number of benzene rings is 2. The highest BCUT2D eigenvalue weighted by Crippen LogP contribution is 2.47. The largest absolute Gasteiger partial charge is 0.365 e. The first kappa shape index (κ1) is 20.0. The Morgan fingerprint density at radius 2 is 1.61 bits per heavy atom. The van der Waals surface area contributed by atoms with Gasteiger partial charge in [0.05, 0.1) is 31.1 Å². The minimum Gasteiger partial charge on any atom is -0.365 e. The predicted octanol–water partition coefficient (Wildman–Crippen LogP) is 3.87. The molecule has 7 rings (SSSR count). The molecule has 0 radical (unpaired) electrons. The molecule has 8 heteroatoms. The van der Waals surface area contributed by atoms with E-state index in [9.17, 15) is 0 Å². The molecule has 2 aromatic carbocycles. The number of hydrogen-bond acceptors (Lipinski definition) is 6. The van der Waals surface area contributed by atoms with Gasteiger partial charge >= 0.3 is 0 Å². The molecule has 2 saturated heterocycles. The summed E-state index contributed by atoms with van der Waals surface area (Å²) >= 11 is 7.00. The van der Waals surface area contributed by atoms with Crippen molar-refractivity contribution in [2.75, 3.05) is 31.2 Å². The number of alkyl halides is 1. The number of halogens is 1. The van der Waals surface area contributed by atoms with Gasteiger partial charge < -0.3 is 19.1 Å². The minimum atomic E-state index is -0.913. The van der Waals surface area contributed by atoms with Gasteiger partial charge in [0.1, 0.15) is 5.38 Å². The van der Waals surface area contributed by atoms with Crippen LogP contribution < -0.4 is 4.90 Å². The number of ether oxygens (including phenoxy) is 3. The molecule has 0 bridgehead atoms. The summed E-state index contributed by atoms with van der Waals surface area (Å²) in [7, 11) is 0. The van der Waals surface area contributed by atoms with Crippen LogP contribution in [0.2, 0.25) is 0 Å². The van der Waals surface area contributed by atoms with E-state index in [0.29, 0.717) is 32.1 Å². The lowest BCUT2D eigenvalue weighted by atomic mass is 9.84. The normalized spacial score (nSPS) is 24.5. The summed E-state index contributed by atoms with van der Waals surface area (Å²) in [6, 6.07) is 16.9. The monoisotopic (exact) mass is 464 g/mol. The van der Waals surface area contributed by atoms with E-state index in [1.54, 1.807) is 0 Å². The molecule has 0 aliphatic carbocycles. The van der Waals surface area contributed by atoms with Gasteiger partial charge in [-0.15, -0.1) is 21.8 Å². The van der Waals surface area contributed by atoms with Crippen molar-refractivity contribution in [2.24, 2.45) is 0 Å². The van der Waals surface area contributed by atoms with E-state index in [-0.39, 0.29) is 5.60 Å². The lowest BCUT2D eigenvalue weighted by Crippen LogP contribution is -2.43. The molecule has 2 fully saturated rings. The maximum atomic E-state index is 7.00. The Morgan fingerprint density at radius 1 is 0.879 bits per heavy atom. The van der Waals surface area contributed by atoms with Crippen molar-refractivity contribution >= 4 is 17.5 Å². The Hall–Kier alpha value is -2.45. The molecule has 4 aliphatic heterocycles. The van der Waals surface area contributed by atoms with Crippen LogP contribution in [0.1, 0.15) is 40.7 Å². The van der Waals surface area contributed by atoms with Crippen LogP contribution in [0.3, 0.4) is 0 Å². The van der Waals surface area contributed by atoms with Crippen LogP contribution in [-0.2, 0) is 32.8 Å². The average Bonchev–Trinajstić information content (AvgIpc) is 3.57. The van der Waals surface area contributed by atoms with E-state index < -0.39 is 11.2 Å². The summed E-state index contributed by atoms with van der Waals surface area (Å²) in [5.74, 6) is 0.573. The Morgan fingerprint density at radius 3 is 2.42 bits per heavy atom. The van der Waals surface area contributed by atoms with E-state index in [0.717, 1.165) is 43.1 Å². The van der Waals surface area contributed by atoms with Crippen LogP contribution >= 0.6 is 11.6 Å². The maximum absolute atomic E-state index is 7.00. The summed E-state index contributed by atoms with van der Waals surface area (Å²) in [5, 5.41) is 8.63. The van der Waals surface area contributed by atoms with Crippen molar-refractivity contribution in [1.82, 2.24) is 14.8 Å². The van der Waals surface area contributed by atoms with Gasteiger partial charge in [-0.2, -0.15) is 0 Å². The van der Waals surface area contributed by atoms with Gasteiger partial charge in [-0.1, -0.05) is 42.5 Å². The molecule has 0 saturated carbocycles. The van der Waals surface area contributed by atoms with E-state index >= 15 is 0 Å². The van der Waals surface area contributed by atoms with Crippen molar-refractivity contribution in [3.8, 4) is 5.69 Å². The summed E-state index contributed by atoms with van der Waals surface area (Å²) in [6.45, 7) is 3.42. The highest BCUT2D eigenvalue weighted by atomic mass is 35.5. The summed E-state index contributed by atoms with van der Waals surface area (Å²) in [5.41, 5.74) is 4.61. The molecule has 1 aromatic heterocycles. The zero-order valence-electron chi connectivity index (χ0n) is 18.2. The third-order valence-electron chi connectivity index (χ3n) is 7.60. The molecule has 1 unspecified atom stereocenters. The maximum Gasteiger partial charge on any atom is 0.231 e. The van der Waals surface area contributed by atoms with E-state index in [1.807, 2.05) is 12.1 Å². The fourth-order valence-electron chi connectivity index (χ4n) is 5.90. The smallest absolute Gasteiger partial charge is 0.231 e. The van der Waals surface area contributed by atoms with E-state index in [1.165, 1.54) is 11.1 Å². The molecule has 0 N–H and O–H groups in total. The van der Waals surface area contributed by atoms with Gasteiger partial charge in [0.15, 0.2) is 11.6 Å². The highest BCUT2D eigenvalue weighted by Gasteiger charge is 2.50. The lowest BCUT2D eigenvalue weighted by Gasteiger charge is -2.39. The average molecular weight is 465 g/mol.